The molecule has 18 heavy (non-hydrogen) atoms. The standard InChI is InChI=1S/C14H20N2O2/c1-10-12(5-4-6-13(10)16(2)3)15-14(17)11-7-8-18-9-11/h4-6,11H,7-9H2,1-3H3,(H,15,17). The monoisotopic (exact) mass is 248 g/mol. The van der Waals surface area contributed by atoms with Gasteiger partial charge in [0.2, 0.25) is 5.91 Å². The zero-order chi connectivity index (χ0) is 13.1. The van der Waals surface area contributed by atoms with Crippen molar-refractivity contribution in [3.63, 3.8) is 0 Å². The fourth-order valence-electron chi connectivity index (χ4n) is 2.22. The highest BCUT2D eigenvalue weighted by atomic mass is 16.5. The van der Waals surface area contributed by atoms with Crippen molar-refractivity contribution in [2.75, 3.05) is 37.5 Å². The molecule has 0 bridgehead atoms. The van der Waals surface area contributed by atoms with Crippen LogP contribution in [0, 0.1) is 12.8 Å². The lowest BCUT2D eigenvalue weighted by molar-refractivity contribution is -0.119. The van der Waals surface area contributed by atoms with E-state index in [2.05, 4.69) is 5.32 Å². The number of nitrogens with zero attached hydrogens (tertiary/aromatic N) is 1. The predicted octanol–water partition coefficient (Wildman–Crippen LogP) is 2.04. The van der Waals surface area contributed by atoms with E-state index in [1.54, 1.807) is 0 Å². The van der Waals surface area contributed by atoms with Gasteiger partial charge in [0.05, 0.1) is 12.5 Å². The molecule has 98 valence electrons. The number of hydrogen-bond acceptors (Lipinski definition) is 3. The minimum atomic E-state index is -0.00703. The fourth-order valence-corrected chi connectivity index (χ4v) is 2.22. The Balaban J connectivity index is 2.13. The van der Waals surface area contributed by atoms with Gasteiger partial charge in [-0.15, -0.1) is 0 Å². The lowest BCUT2D eigenvalue weighted by Crippen LogP contribution is -2.23. The second kappa shape index (κ2) is 5.40. The van der Waals surface area contributed by atoms with Crippen LogP contribution in [0.1, 0.15) is 12.0 Å². The highest BCUT2D eigenvalue weighted by Gasteiger charge is 2.24. The zero-order valence-corrected chi connectivity index (χ0v) is 11.2. The van der Waals surface area contributed by atoms with Crippen LogP contribution in [0.3, 0.4) is 0 Å². The molecule has 0 aromatic heterocycles. The van der Waals surface area contributed by atoms with Crippen molar-refractivity contribution in [2.45, 2.75) is 13.3 Å². The summed E-state index contributed by atoms with van der Waals surface area (Å²) in [6, 6.07) is 5.95. The molecule has 4 nitrogen and oxygen atoms in total. The molecule has 0 aliphatic carbocycles. The van der Waals surface area contributed by atoms with Gasteiger partial charge in [-0.3, -0.25) is 4.79 Å². The van der Waals surface area contributed by atoms with E-state index < -0.39 is 0 Å². The summed E-state index contributed by atoms with van der Waals surface area (Å²) < 4.78 is 5.24. The fraction of sp³-hybridized carbons (Fsp3) is 0.500. The number of nitrogens with one attached hydrogen (secondary N) is 1. The first-order valence-electron chi connectivity index (χ1n) is 6.25. The van der Waals surface area contributed by atoms with Gasteiger partial charge in [0.25, 0.3) is 0 Å². The van der Waals surface area contributed by atoms with Crippen molar-refractivity contribution < 1.29 is 9.53 Å². The van der Waals surface area contributed by atoms with Crippen molar-refractivity contribution in [3.05, 3.63) is 23.8 Å². The Hall–Kier alpha value is -1.55. The summed E-state index contributed by atoms with van der Waals surface area (Å²) in [5, 5.41) is 3.00. The van der Waals surface area contributed by atoms with Gasteiger partial charge in [0.15, 0.2) is 0 Å². The summed E-state index contributed by atoms with van der Waals surface area (Å²) in [5.74, 6) is 0.0546. The van der Waals surface area contributed by atoms with Gasteiger partial charge in [0.1, 0.15) is 0 Å². The highest BCUT2D eigenvalue weighted by Crippen LogP contribution is 2.26. The summed E-state index contributed by atoms with van der Waals surface area (Å²) in [4.78, 5) is 14.1. The molecule has 1 amide bonds. The smallest absolute Gasteiger partial charge is 0.229 e. The molecule has 1 aromatic rings. The van der Waals surface area contributed by atoms with Crippen molar-refractivity contribution in [3.8, 4) is 0 Å². The first kappa shape index (κ1) is 12.9. The molecule has 1 atom stereocenters. The molecule has 4 heteroatoms. The summed E-state index contributed by atoms with van der Waals surface area (Å²) >= 11 is 0. The average Bonchev–Trinajstić information content (AvgIpc) is 2.85. The van der Waals surface area contributed by atoms with Crippen LogP contribution >= 0.6 is 0 Å². The molecular formula is C14H20N2O2. The van der Waals surface area contributed by atoms with E-state index in [1.807, 2.05) is 44.1 Å². The number of amides is 1. The number of anilines is 2. The first-order chi connectivity index (χ1) is 8.59. The number of rotatable bonds is 3. The second-order valence-corrected chi connectivity index (χ2v) is 4.89. The van der Waals surface area contributed by atoms with Crippen LogP contribution in [-0.4, -0.2) is 33.2 Å². The number of carbonyl (C=O) groups excluding carboxylic acids is 1. The van der Waals surface area contributed by atoms with E-state index in [4.69, 9.17) is 4.74 Å². The topological polar surface area (TPSA) is 41.6 Å². The number of benzene rings is 1. The maximum atomic E-state index is 12.0. The van der Waals surface area contributed by atoms with E-state index in [0.29, 0.717) is 13.2 Å². The minimum absolute atomic E-state index is 0.00703. The quantitative estimate of drug-likeness (QED) is 0.890. The van der Waals surface area contributed by atoms with Crippen molar-refractivity contribution in [1.29, 1.82) is 0 Å². The highest BCUT2D eigenvalue weighted by molar-refractivity contribution is 5.94. The van der Waals surface area contributed by atoms with Crippen LogP contribution in [0.25, 0.3) is 0 Å². The first-order valence-corrected chi connectivity index (χ1v) is 6.25. The Morgan fingerprint density at radius 1 is 1.44 bits per heavy atom. The molecule has 1 aliphatic heterocycles. The third-order valence-corrected chi connectivity index (χ3v) is 3.35. The van der Waals surface area contributed by atoms with Crippen LogP contribution in [-0.2, 0) is 9.53 Å². The van der Waals surface area contributed by atoms with E-state index in [1.165, 1.54) is 0 Å². The van der Waals surface area contributed by atoms with Gasteiger partial charge in [0, 0.05) is 32.1 Å². The summed E-state index contributed by atoms with van der Waals surface area (Å²) in [7, 11) is 4.00. The normalized spacial score (nSPS) is 18.7. The van der Waals surface area contributed by atoms with E-state index in [9.17, 15) is 4.79 Å². The number of carbonyl (C=O) groups is 1. The van der Waals surface area contributed by atoms with Crippen molar-refractivity contribution in [1.82, 2.24) is 0 Å². The lowest BCUT2D eigenvalue weighted by Gasteiger charge is -2.19. The SMILES string of the molecule is Cc1c(NC(=O)C2CCOC2)cccc1N(C)C. The second-order valence-electron chi connectivity index (χ2n) is 4.89. The molecule has 2 rings (SSSR count). The maximum absolute atomic E-state index is 12.0. The summed E-state index contributed by atoms with van der Waals surface area (Å²) in [6.45, 7) is 3.25. The van der Waals surface area contributed by atoms with Gasteiger partial charge in [-0.05, 0) is 31.0 Å². The summed E-state index contributed by atoms with van der Waals surface area (Å²) in [5.41, 5.74) is 3.10. The molecule has 0 spiro atoms. The van der Waals surface area contributed by atoms with E-state index in [0.717, 1.165) is 23.4 Å². The zero-order valence-electron chi connectivity index (χ0n) is 11.2. The number of ether oxygens (including phenoxy) is 1. The van der Waals surface area contributed by atoms with Gasteiger partial charge in [-0.2, -0.15) is 0 Å². The lowest BCUT2D eigenvalue weighted by atomic mass is 10.1. The van der Waals surface area contributed by atoms with Crippen LogP contribution in [0.5, 0.6) is 0 Å². The van der Waals surface area contributed by atoms with Crippen molar-refractivity contribution in [2.24, 2.45) is 5.92 Å². The molecule has 1 saturated heterocycles. The molecule has 1 aromatic carbocycles. The largest absolute Gasteiger partial charge is 0.381 e. The molecule has 1 fully saturated rings. The Morgan fingerprint density at radius 3 is 2.83 bits per heavy atom. The van der Waals surface area contributed by atoms with Crippen LogP contribution < -0.4 is 10.2 Å². The van der Waals surface area contributed by atoms with Gasteiger partial charge in [-0.25, -0.2) is 0 Å². The molecule has 1 aliphatic rings. The molecule has 0 saturated carbocycles. The average molecular weight is 248 g/mol. The van der Waals surface area contributed by atoms with Crippen molar-refractivity contribution >= 4 is 17.3 Å². The maximum Gasteiger partial charge on any atom is 0.229 e. The Morgan fingerprint density at radius 2 is 2.22 bits per heavy atom. The van der Waals surface area contributed by atoms with Gasteiger partial charge < -0.3 is 15.0 Å². The van der Waals surface area contributed by atoms with Crippen LogP contribution in [0.4, 0.5) is 11.4 Å². The summed E-state index contributed by atoms with van der Waals surface area (Å²) in [6.07, 6.45) is 0.818. The Bertz CT molecular complexity index is 437. The Labute approximate surface area is 108 Å². The molecular weight excluding hydrogens is 228 g/mol. The molecule has 1 N–H and O–H groups in total. The molecule has 1 unspecified atom stereocenters. The predicted molar refractivity (Wildman–Crippen MR) is 73.1 cm³/mol. The van der Waals surface area contributed by atoms with E-state index in [-0.39, 0.29) is 11.8 Å². The minimum Gasteiger partial charge on any atom is -0.381 e. The van der Waals surface area contributed by atoms with Crippen LogP contribution in [0.15, 0.2) is 18.2 Å². The third kappa shape index (κ3) is 2.64. The Kier molecular flexibility index (Phi) is 3.87. The van der Waals surface area contributed by atoms with Gasteiger partial charge in [-0.1, -0.05) is 6.07 Å². The van der Waals surface area contributed by atoms with E-state index >= 15 is 0 Å². The van der Waals surface area contributed by atoms with Gasteiger partial charge >= 0.3 is 0 Å². The number of hydrogen-bond donors (Lipinski definition) is 1. The molecule has 0 radical (unpaired) electrons. The third-order valence-electron chi connectivity index (χ3n) is 3.35. The molecule has 1 heterocycles. The van der Waals surface area contributed by atoms with Crippen LogP contribution in [0.2, 0.25) is 0 Å².